The van der Waals surface area contributed by atoms with Gasteiger partial charge in [0.15, 0.2) is 12.1 Å². The minimum atomic E-state index is -1.40. The van der Waals surface area contributed by atoms with E-state index in [0.717, 1.165) is 11.8 Å². The molecule has 1 aromatic heterocycles. The summed E-state index contributed by atoms with van der Waals surface area (Å²) in [5.74, 6) is -4.24. The third-order valence-corrected chi connectivity index (χ3v) is 5.64. The third kappa shape index (κ3) is 6.55. The second-order valence-corrected chi connectivity index (χ2v) is 8.86. The number of cyclic esters (lactones) is 2. The van der Waals surface area contributed by atoms with Gasteiger partial charge in [0.1, 0.15) is 30.0 Å². The predicted octanol–water partition coefficient (Wildman–Crippen LogP) is 1.09. The zero-order valence-electron chi connectivity index (χ0n) is 20.5. The molecule has 1 aromatic carbocycles. The van der Waals surface area contributed by atoms with E-state index in [4.69, 9.17) is 14.2 Å². The molecular weight excluding hydrogens is 470 g/mol. The van der Waals surface area contributed by atoms with Crippen LogP contribution in [-0.4, -0.2) is 58.6 Å². The number of nitrogens with zero attached hydrogens (tertiary/aromatic N) is 1. The van der Waals surface area contributed by atoms with E-state index < -0.39 is 66.1 Å². The highest BCUT2D eigenvalue weighted by atomic mass is 16.6. The second kappa shape index (κ2) is 11.6. The Morgan fingerprint density at radius 1 is 1.17 bits per heavy atom. The summed E-state index contributed by atoms with van der Waals surface area (Å²) >= 11 is 0. The molecule has 2 aromatic rings. The zero-order chi connectivity index (χ0) is 26.4. The molecule has 192 valence electrons. The molecule has 11 nitrogen and oxygen atoms in total. The molecule has 2 heterocycles. The van der Waals surface area contributed by atoms with Crippen molar-refractivity contribution in [2.75, 3.05) is 6.61 Å². The minimum Gasteiger partial charge on any atom is -0.463 e. The number of aromatic nitrogens is 2. The summed E-state index contributed by atoms with van der Waals surface area (Å²) in [4.78, 5) is 69.5. The Morgan fingerprint density at radius 2 is 1.86 bits per heavy atom. The van der Waals surface area contributed by atoms with Gasteiger partial charge in [0.05, 0.1) is 5.92 Å². The van der Waals surface area contributed by atoms with Crippen LogP contribution in [0.3, 0.4) is 0 Å². The molecule has 1 aliphatic rings. The van der Waals surface area contributed by atoms with Crippen molar-refractivity contribution >= 4 is 23.8 Å². The fourth-order valence-corrected chi connectivity index (χ4v) is 3.63. The Hall–Kier alpha value is -4.02. The van der Waals surface area contributed by atoms with Crippen LogP contribution in [0.4, 0.5) is 0 Å². The molecule has 1 fully saturated rings. The molecule has 36 heavy (non-hydrogen) atoms. The molecule has 11 heteroatoms. The molecule has 0 spiro atoms. The zero-order valence-corrected chi connectivity index (χ0v) is 20.5. The van der Waals surface area contributed by atoms with E-state index in [1.807, 2.05) is 30.3 Å². The first-order valence-corrected chi connectivity index (χ1v) is 11.5. The van der Waals surface area contributed by atoms with Crippen molar-refractivity contribution in [1.82, 2.24) is 15.3 Å². The van der Waals surface area contributed by atoms with E-state index in [2.05, 4.69) is 15.3 Å². The number of carbonyl (C=O) groups is 4. The highest BCUT2D eigenvalue weighted by molar-refractivity contribution is 5.96. The number of aromatic amines is 1. The van der Waals surface area contributed by atoms with Gasteiger partial charge in [-0.25, -0.2) is 9.78 Å². The molecule has 1 amide bonds. The fraction of sp³-hybridized carbons (Fsp3) is 0.440. The van der Waals surface area contributed by atoms with Gasteiger partial charge in [0.2, 0.25) is 0 Å². The normalized spacial score (nSPS) is 22.5. The van der Waals surface area contributed by atoms with Crippen molar-refractivity contribution in [3.63, 3.8) is 0 Å². The summed E-state index contributed by atoms with van der Waals surface area (Å²) < 4.78 is 16.5. The van der Waals surface area contributed by atoms with Crippen LogP contribution in [0, 0.1) is 18.8 Å². The van der Waals surface area contributed by atoms with Crippen LogP contribution >= 0.6 is 0 Å². The molecule has 0 aliphatic carbocycles. The Balaban J connectivity index is 1.87. The minimum absolute atomic E-state index is 0.166. The number of hydrogen-bond donors (Lipinski definition) is 2. The number of amides is 1. The average Bonchev–Trinajstić information content (AvgIpc) is 2.86. The van der Waals surface area contributed by atoms with Gasteiger partial charge in [0, 0.05) is 6.20 Å². The van der Waals surface area contributed by atoms with Crippen molar-refractivity contribution in [3.05, 3.63) is 63.8 Å². The van der Waals surface area contributed by atoms with Crippen LogP contribution < -0.4 is 10.9 Å². The molecule has 0 saturated carbocycles. The summed E-state index contributed by atoms with van der Waals surface area (Å²) in [6.07, 6.45) is -0.923. The standard InChI is InChI=1S/C25H29N3O8/c1-13(2)23(31)36-20-14(3)35-25(33)19(28-22(30)18-11-26-15(4)27-21(18)29)12-34-24(32)17(20)10-16-8-6-5-7-9-16/h5-9,11,13-14,17,19-20H,10,12H2,1-4H3,(H,28,30)(H,26,27,29). The lowest BCUT2D eigenvalue weighted by Gasteiger charge is -2.29. The summed E-state index contributed by atoms with van der Waals surface area (Å²) in [6, 6.07) is 7.67. The molecule has 2 N–H and O–H groups in total. The van der Waals surface area contributed by atoms with Crippen molar-refractivity contribution in [2.24, 2.45) is 11.8 Å². The van der Waals surface area contributed by atoms with Crippen molar-refractivity contribution < 1.29 is 33.4 Å². The summed E-state index contributed by atoms with van der Waals surface area (Å²) in [6.45, 7) is 5.80. The maximum absolute atomic E-state index is 13.2. The van der Waals surface area contributed by atoms with Crippen molar-refractivity contribution in [1.29, 1.82) is 0 Å². The smallest absolute Gasteiger partial charge is 0.332 e. The number of carbonyl (C=O) groups excluding carboxylic acids is 4. The number of hydrogen-bond acceptors (Lipinski definition) is 9. The maximum atomic E-state index is 13.2. The predicted molar refractivity (Wildman–Crippen MR) is 126 cm³/mol. The van der Waals surface area contributed by atoms with Crippen LogP contribution in [0.15, 0.2) is 41.3 Å². The first-order chi connectivity index (χ1) is 17.1. The van der Waals surface area contributed by atoms with Gasteiger partial charge in [-0.1, -0.05) is 44.2 Å². The van der Waals surface area contributed by atoms with E-state index in [1.165, 1.54) is 6.92 Å². The van der Waals surface area contributed by atoms with Gasteiger partial charge >= 0.3 is 17.9 Å². The molecule has 4 atom stereocenters. The molecule has 1 saturated heterocycles. The van der Waals surface area contributed by atoms with E-state index in [1.54, 1.807) is 20.8 Å². The fourth-order valence-electron chi connectivity index (χ4n) is 3.63. The topological polar surface area (TPSA) is 154 Å². The number of H-pyrrole nitrogens is 1. The Morgan fingerprint density at radius 3 is 2.50 bits per heavy atom. The highest BCUT2D eigenvalue weighted by Crippen LogP contribution is 2.24. The SMILES string of the molecule is Cc1ncc(C(=O)NC2COC(=O)C(Cc3ccccc3)C(OC(=O)C(C)C)C(C)OC2=O)c(=O)[nH]1. The quantitative estimate of drug-likeness (QED) is 0.439. The number of esters is 3. The summed E-state index contributed by atoms with van der Waals surface area (Å²) in [7, 11) is 0. The second-order valence-electron chi connectivity index (χ2n) is 8.86. The van der Waals surface area contributed by atoms with E-state index in [0.29, 0.717) is 5.82 Å². The average molecular weight is 500 g/mol. The Bertz CT molecular complexity index is 1180. The highest BCUT2D eigenvalue weighted by Gasteiger charge is 2.42. The molecule has 4 unspecified atom stereocenters. The van der Waals surface area contributed by atoms with Gasteiger partial charge < -0.3 is 24.5 Å². The lowest BCUT2D eigenvalue weighted by molar-refractivity contribution is -0.176. The summed E-state index contributed by atoms with van der Waals surface area (Å²) in [5.41, 5.74) is -0.220. The van der Waals surface area contributed by atoms with Crippen molar-refractivity contribution in [3.8, 4) is 0 Å². The molecule has 0 radical (unpaired) electrons. The van der Waals surface area contributed by atoms with E-state index in [9.17, 15) is 24.0 Å². The molecule has 3 rings (SSSR count). The Kier molecular flexibility index (Phi) is 8.57. The van der Waals surface area contributed by atoms with E-state index in [-0.39, 0.29) is 12.0 Å². The van der Waals surface area contributed by atoms with Gasteiger partial charge in [-0.2, -0.15) is 0 Å². The number of benzene rings is 1. The summed E-state index contributed by atoms with van der Waals surface area (Å²) in [5, 5.41) is 2.36. The number of aryl methyl sites for hydroxylation is 1. The number of ether oxygens (including phenoxy) is 3. The van der Waals surface area contributed by atoms with E-state index >= 15 is 0 Å². The number of nitrogens with one attached hydrogen (secondary N) is 2. The van der Waals surface area contributed by atoms with Crippen LogP contribution in [0.2, 0.25) is 0 Å². The van der Waals surface area contributed by atoms with Crippen LogP contribution in [0.1, 0.15) is 42.5 Å². The molecular formula is C25H29N3O8. The van der Waals surface area contributed by atoms with Gasteiger partial charge in [-0.3, -0.25) is 19.2 Å². The van der Waals surface area contributed by atoms with Gasteiger partial charge in [0.25, 0.3) is 11.5 Å². The van der Waals surface area contributed by atoms with Gasteiger partial charge in [-0.15, -0.1) is 0 Å². The van der Waals surface area contributed by atoms with Crippen molar-refractivity contribution in [2.45, 2.75) is 52.4 Å². The third-order valence-electron chi connectivity index (χ3n) is 5.64. The number of rotatable bonds is 6. The maximum Gasteiger partial charge on any atom is 0.332 e. The first kappa shape index (κ1) is 26.6. The monoisotopic (exact) mass is 499 g/mol. The largest absolute Gasteiger partial charge is 0.463 e. The lowest BCUT2D eigenvalue weighted by Crippen LogP contribution is -2.47. The lowest BCUT2D eigenvalue weighted by atomic mass is 9.91. The Labute approximate surface area is 207 Å². The molecule has 0 bridgehead atoms. The van der Waals surface area contributed by atoms with Crippen LogP contribution in [-0.2, 0) is 35.0 Å². The first-order valence-electron chi connectivity index (χ1n) is 11.5. The van der Waals surface area contributed by atoms with Gasteiger partial charge in [-0.05, 0) is 25.8 Å². The van der Waals surface area contributed by atoms with Crippen LogP contribution in [0.25, 0.3) is 0 Å². The van der Waals surface area contributed by atoms with Crippen LogP contribution in [0.5, 0.6) is 0 Å². The molecule has 1 aliphatic heterocycles.